The van der Waals surface area contributed by atoms with E-state index in [1.807, 2.05) is 6.92 Å². The minimum Gasteiger partial charge on any atom is -0.394 e. The lowest BCUT2D eigenvalue weighted by molar-refractivity contribution is -0.899. The van der Waals surface area contributed by atoms with Crippen LogP contribution in [0.2, 0.25) is 0 Å². The first-order valence-corrected chi connectivity index (χ1v) is 12.1. The van der Waals surface area contributed by atoms with Gasteiger partial charge in [0.25, 0.3) is 0 Å². The SMILES string of the molecule is CCCCCCCCCCCCCC(=O)C(CO)NCCC(C(C)O)[N+](C)(C)C. The van der Waals surface area contributed by atoms with Crippen LogP contribution in [0.15, 0.2) is 0 Å². The maximum absolute atomic E-state index is 12.4. The normalized spacial score (nSPS) is 15.3. The van der Waals surface area contributed by atoms with Crippen LogP contribution in [-0.2, 0) is 4.79 Å². The van der Waals surface area contributed by atoms with E-state index >= 15 is 0 Å². The van der Waals surface area contributed by atoms with E-state index in [9.17, 15) is 15.0 Å². The van der Waals surface area contributed by atoms with Crippen LogP contribution >= 0.6 is 0 Å². The van der Waals surface area contributed by atoms with Crippen LogP contribution in [0.1, 0.15) is 97.3 Å². The number of hydrogen-bond acceptors (Lipinski definition) is 4. The first-order chi connectivity index (χ1) is 13.7. The number of aliphatic hydroxyl groups is 2. The highest BCUT2D eigenvalue weighted by atomic mass is 16.3. The smallest absolute Gasteiger partial charge is 0.152 e. The molecule has 0 radical (unpaired) electrons. The maximum atomic E-state index is 12.4. The molecule has 0 aliphatic rings. The number of Topliss-reactive ketones (excluding diaryl/α,β-unsaturated/α-hetero) is 1. The Labute approximate surface area is 180 Å². The van der Waals surface area contributed by atoms with Gasteiger partial charge in [0, 0.05) is 19.4 Å². The molecule has 0 amide bonds. The van der Waals surface area contributed by atoms with Crippen molar-refractivity contribution in [3.8, 4) is 0 Å². The lowest BCUT2D eigenvalue weighted by atomic mass is 10.0. The van der Waals surface area contributed by atoms with Crippen LogP contribution in [-0.4, -0.2) is 73.0 Å². The number of nitrogens with zero attached hydrogens (tertiary/aromatic N) is 1. The second-order valence-electron chi connectivity index (χ2n) is 9.65. The van der Waals surface area contributed by atoms with Crippen molar-refractivity contribution in [2.75, 3.05) is 34.3 Å². The van der Waals surface area contributed by atoms with E-state index in [1.165, 1.54) is 57.8 Å². The number of quaternary nitrogens is 1. The fourth-order valence-electron chi connectivity index (χ4n) is 4.10. The number of carbonyl (C=O) groups is 1. The Bertz CT molecular complexity index is 394. The van der Waals surface area contributed by atoms with Crippen molar-refractivity contribution in [1.29, 1.82) is 0 Å². The van der Waals surface area contributed by atoms with Crippen molar-refractivity contribution in [3.63, 3.8) is 0 Å². The van der Waals surface area contributed by atoms with Gasteiger partial charge in [0.15, 0.2) is 5.78 Å². The molecule has 5 heteroatoms. The van der Waals surface area contributed by atoms with Crippen molar-refractivity contribution in [2.24, 2.45) is 0 Å². The highest BCUT2D eigenvalue weighted by molar-refractivity contribution is 5.84. The predicted octanol–water partition coefficient (Wildman–Crippen LogP) is 4.05. The zero-order valence-electron chi connectivity index (χ0n) is 20.1. The number of likely N-dealkylation sites (N-methyl/N-ethyl adjacent to an activating group) is 1. The molecule has 0 saturated heterocycles. The summed E-state index contributed by atoms with van der Waals surface area (Å²) in [4.78, 5) is 12.4. The molecule has 5 nitrogen and oxygen atoms in total. The van der Waals surface area contributed by atoms with E-state index in [2.05, 4.69) is 33.4 Å². The van der Waals surface area contributed by atoms with Crippen LogP contribution in [0.5, 0.6) is 0 Å². The van der Waals surface area contributed by atoms with Gasteiger partial charge in [0.2, 0.25) is 0 Å². The molecule has 3 N–H and O–H groups in total. The van der Waals surface area contributed by atoms with Crippen molar-refractivity contribution >= 4 is 5.78 Å². The molecular weight excluding hydrogens is 364 g/mol. The zero-order valence-corrected chi connectivity index (χ0v) is 20.1. The number of hydrogen-bond donors (Lipinski definition) is 3. The molecule has 0 heterocycles. The second-order valence-corrected chi connectivity index (χ2v) is 9.65. The Morgan fingerprint density at radius 2 is 1.38 bits per heavy atom. The van der Waals surface area contributed by atoms with Gasteiger partial charge in [-0.1, -0.05) is 71.1 Å². The van der Waals surface area contributed by atoms with E-state index in [-0.39, 0.29) is 18.4 Å². The molecule has 0 aliphatic carbocycles. The number of nitrogens with one attached hydrogen (secondary N) is 1. The van der Waals surface area contributed by atoms with Gasteiger partial charge >= 0.3 is 0 Å². The Morgan fingerprint density at radius 1 is 0.897 bits per heavy atom. The molecule has 3 atom stereocenters. The van der Waals surface area contributed by atoms with Gasteiger partial charge in [-0.05, 0) is 13.3 Å². The van der Waals surface area contributed by atoms with Crippen molar-refractivity contribution in [3.05, 3.63) is 0 Å². The van der Waals surface area contributed by atoms with E-state index < -0.39 is 12.1 Å². The van der Waals surface area contributed by atoms with Gasteiger partial charge in [0.1, 0.15) is 12.1 Å². The molecule has 29 heavy (non-hydrogen) atoms. The van der Waals surface area contributed by atoms with Gasteiger partial charge in [-0.2, -0.15) is 0 Å². The first-order valence-electron chi connectivity index (χ1n) is 12.1. The monoisotopic (exact) mass is 415 g/mol. The summed E-state index contributed by atoms with van der Waals surface area (Å²) in [6, 6.07) is -0.371. The molecule has 3 unspecified atom stereocenters. The van der Waals surface area contributed by atoms with Crippen molar-refractivity contribution in [1.82, 2.24) is 5.32 Å². The largest absolute Gasteiger partial charge is 0.394 e. The van der Waals surface area contributed by atoms with E-state index in [4.69, 9.17) is 0 Å². The predicted molar refractivity (Wildman–Crippen MR) is 123 cm³/mol. The third kappa shape index (κ3) is 15.0. The molecule has 0 saturated carbocycles. The Kier molecular flexibility index (Phi) is 16.9. The summed E-state index contributed by atoms with van der Waals surface area (Å²) in [6.45, 7) is 4.54. The standard InChI is InChI=1S/C24H51N2O3/c1-6-7-8-9-10-11-12-13-14-15-16-17-24(29)22(20-27)25-19-18-23(21(2)28)26(3,4)5/h21-23,25,27-28H,6-20H2,1-5H3/q+1. The molecule has 0 fully saturated rings. The topological polar surface area (TPSA) is 69.6 Å². The van der Waals surface area contributed by atoms with E-state index in [0.29, 0.717) is 17.4 Å². The summed E-state index contributed by atoms with van der Waals surface area (Å²) in [5, 5.41) is 22.8. The summed E-state index contributed by atoms with van der Waals surface area (Å²) in [7, 11) is 6.20. The summed E-state index contributed by atoms with van der Waals surface area (Å²) in [5.74, 6) is 0.113. The van der Waals surface area contributed by atoms with Gasteiger partial charge in [-0.15, -0.1) is 0 Å². The highest BCUT2D eigenvalue weighted by Crippen LogP contribution is 2.13. The summed E-state index contributed by atoms with van der Waals surface area (Å²) >= 11 is 0. The number of carbonyl (C=O) groups excluding carboxylic acids is 1. The van der Waals surface area contributed by atoms with Crippen LogP contribution in [0.25, 0.3) is 0 Å². The van der Waals surface area contributed by atoms with Gasteiger partial charge < -0.3 is 20.0 Å². The van der Waals surface area contributed by atoms with Crippen molar-refractivity contribution in [2.45, 2.75) is 116 Å². The van der Waals surface area contributed by atoms with Crippen LogP contribution < -0.4 is 5.32 Å². The molecular formula is C24H51N2O3+. The third-order valence-corrected chi connectivity index (χ3v) is 5.98. The number of ketones is 1. The number of rotatable bonds is 20. The molecule has 0 aromatic carbocycles. The second kappa shape index (κ2) is 17.2. The Hall–Kier alpha value is -0.490. The number of aliphatic hydroxyl groups excluding tert-OH is 2. The Morgan fingerprint density at radius 3 is 1.79 bits per heavy atom. The summed E-state index contributed by atoms with van der Waals surface area (Å²) in [5.41, 5.74) is 0. The van der Waals surface area contributed by atoms with Gasteiger partial charge in [0.05, 0.1) is 33.8 Å². The lowest BCUT2D eigenvalue weighted by Gasteiger charge is -2.36. The minimum atomic E-state index is -0.472. The summed E-state index contributed by atoms with van der Waals surface area (Å²) in [6.07, 6.45) is 14.9. The molecule has 174 valence electrons. The van der Waals surface area contributed by atoms with Crippen LogP contribution in [0, 0.1) is 0 Å². The quantitative estimate of drug-likeness (QED) is 0.207. The molecule has 0 rings (SSSR count). The van der Waals surface area contributed by atoms with Gasteiger partial charge in [-0.25, -0.2) is 0 Å². The maximum Gasteiger partial charge on any atom is 0.152 e. The molecule has 0 spiro atoms. The van der Waals surface area contributed by atoms with Crippen LogP contribution in [0.3, 0.4) is 0 Å². The highest BCUT2D eigenvalue weighted by Gasteiger charge is 2.28. The molecule has 0 aromatic rings. The average molecular weight is 416 g/mol. The molecule has 0 bridgehead atoms. The summed E-state index contributed by atoms with van der Waals surface area (Å²) < 4.78 is 0.676. The third-order valence-electron chi connectivity index (χ3n) is 5.98. The lowest BCUT2D eigenvalue weighted by Crippen LogP contribution is -2.52. The Balaban J connectivity index is 3.85. The first kappa shape index (κ1) is 28.5. The van der Waals surface area contributed by atoms with Crippen molar-refractivity contribution < 1.29 is 19.5 Å². The molecule has 0 aromatic heterocycles. The zero-order chi connectivity index (χ0) is 22.1. The average Bonchev–Trinajstić information content (AvgIpc) is 2.64. The van der Waals surface area contributed by atoms with E-state index in [1.54, 1.807) is 0 Å². The minimum absolute atomic E-state index is 0.101. The number of unbranched alkanes of at least 4 members (excludes halogenated alkanes) is 10. The van der Waals surface area contributed by atoms with Crippen LogP contribution in [0.4, 0.5) is 0 Å². The van der Waals surface area contributed by atoms with Gasteiger partial charge in [-0.3, -0.25) is 4.79 Å². The van der Waals surface area contributed by atoms with E-state index in [0.717, 1.165) is 19.3 Å². The molecule has 0 aliphatic heterocycles. The fourth-order valence-corrected chi connectivity index (χ4v) is 4.10. The fraction of sp³-hybridized carbons (Fsp3) is 0.958.